The molecule has 1 N–H and O–H groups in total. The number of likely N-dealkylation sites (N-methyl/N-ethyl adjacent to an activating group) is 1. The van der Waals surface area contributed by atoms with E-state index in [9.17, 15) is 19.0 Å². The van der Waals surface area contributed by atoms with Crippen molar-refractivity contribution in [3.63, 3.8) is 0 Å². The summed E-state index contributed by atoms with van der Waals surface area (Å²) in [5, 5.41) is 0. The first-order chi connectivity index (χ1) is 44.0. The highest BCUT2D eigenvalue weighted by molar-refractivity contribution is 7.47. The molecule has 10 heteroatoms. The van der Waals surface area contributed by atoms with E-state index < -0.39 is 26.5 Å². The van der Waals surface area contributed by atoms with Crippen LogP contribution in [-0.2, 0) is 32.7 Å². The van der Waals surface area contributed by atoms with Crippen molar-refractivity contribution in [1.82, 2.24) is 0 Å². The van der Waals surface area contributed by atoms with Crippen LogP contribution in [0.4, 0.5) is 0 Å². The van der Waals surface area contributed by atoms with Crippen LogP contribution in [0, 0.1) is 0 Å². The number of phosphoric ester groups is 1. The molecule has 0 aliphatic rings. The minimum atomic E-state index is -4.40. The van der Waals surface area contributed by atoms with Crippen LogP contribution >= 0.6 is 7.82 Å². The number of ether oxygens (including phenoxy) is 2. The van der Waals surface area contributed by atoms with E-state index in [1.165, 1.54) is 212 Å². The van der Waals surface area contributed by atoms with Gasteiger partial charge in [-0.2, -0.15) is 0 Å². The maximum atomic E-state index is 12.9. The Hall–Kier alpha value is -3.33. The van der Waals surface area contributed by atoms with Crippen molar-refractivity contribution in [2.24, 2.45) is 0 Å². The standard InChI is InChI=1S/C80H142NO8P/c1-6-8-10-12-14-16-18-20-22-24-26-28-30-32-34-36-37-38-39-40-41-42-43-45-47-49-51-53-55-57-59-61-63-65-67-69-71-73-80(83)89-78(77-88-90(84,85)87-75-74-81(3,4)5)76-86-79(82)72-70-68-66-64-62-60-58-56-54-52-50-48-46-44-35-33-31-29-27-25-23-21-19-17-15-13-11-9-7-2/h8,10,14,16,20,22,25-28,32,34,37-38,40-41,43,45,78H,6-7,9,11-13,15,17-19,21,23-24,29-31,33,35-36,39,42,44,46-77H2,1-5H3/p+1/b10-8-,16-14-,22-20-,27-25-,28-26-,34-32-,38-37-,41-40-,45-43-. The third-order valence-corrected chi connectivity index (χ3v) is 17.3. The molecular weight excluding hydrogens is 1130 g/mol. The molecule has 0 aliphatic carbocycles. The Morgan fingerprint density at radius 2 is 0.633 bits per heavy atom. The minimum absolute atomic E-state index is 0.0288. The van der Waals surface area contributed by atoms with Gasteiger partial charge in [0.25, 0.3) is 0 Å². The smallest absolute Gasteiger partial charge is 0.462 e. The largest absolute Gasteiger partial charge is 0.472 e. The summed E-state index contributed by atoms with van der Waals surface area (Å²) in [5.74, 6) is -0.790. The maximum absolute atomic E-state index is 12.9. The summed E-state index contributed by atoms with van der Waals surface area (Å²) in [6, 6.07) is 0. The van der Waals surface area contributed by atoms with Crippen LogP contribution in [0.5, 0.6) is 0 Å². The molecule has 0 fully saturated rings. The van der Waals surface area contributed by atoms with Gasteiger partial charge in [-0.15, -0.1) is 0 Å². The number of nitrogens with zero attached hydrogens (tertiary/aromatic N) is 1. The topological polar surface area (TPSA) is 108 Å². The molecular formula is C80H143NO8P+. The zero-order valence-corrected chi connectivity index (χ0v) is 60.2. The van der Waals surface area contributed by atoms with Gasteiger partial charge in [-0.25, -0.2) is 4.57 Å². The number of unbranched alkanes of at least 4 members (excludes halogenated alkanes) is 37. The molecule has 0 spiro atoms. The first kappa shape index (κ1) is 86.7. The first-order valence-corrected chi connectivity index (χ1v) is 39.1. The molecule has 520 valence electrons. The molecule has 0 amide bonds. The fraction of sp³-hybridized carbons (Fsp3) is 0.750. The lowest BCUT2D eigenvalue weighted by Gasteiger charge is -2.24. The number of phosphoric acid groups is 1. The average Bonchev–Trinajstić information content (AvgIpc) is 3.58. The second-order valence-electron chi connectivity index (χ2n) is 26.3. The number of allylic oxidation sites excluding steroid dienone is 18. The number of hydrogen-bond acceptors (Lipinski definition) is 7. The molecule has 0 saturated heterocycles. The van der Waals surface area contributed by atoms with Gasteiger partial charge >= 0.3 is 19.8 Å². The van der Waals surface area contributed by atoms with Crippen LogP contribution in [0.15, 0.2) is 109 Å². The monoisotopic (exact) mass is 1280 g/mol. The van der Waals surface area contributed by atoms with E-state index in [1.54, 1.807) is 0 Å². The fourth-order valence-corrected chi connectivity index (χ4v) is 11.3. The highest BCUT2D eigenvalue weighted by Crippen LogP contribution is 2.43. The predicted molar refractivity (Wildman–Crippen MR) is 390 cm³/mol. The highest BCUT2D eigenvalue weighted by atomic mass is 31.2. The van der Waals surface area contributed by atoms with Crippen molar-refractivity contribution in [2.45, 2.75) is 341 Å². The van der Waals surface area contributed by atoms with Crippen molar-refractivity contribution in [3.8, 4) is 0 Å². The molecule has 0 aromatic heterocycles. The van der Waals surface area contributed by atoms with E-state index in [0.717, 1.165) is 89.9 Å². The molecule has 0 aromatic carbocycles. The van der Waals surface area contributed by atoms with Crippen molar-refractivity contribution in [2.75, 3.05) is 47.5 Å². The van der Waals surface area contributed by atoms with E-state index in [1.807, 2.05) is 21.1 Å². The Bertz CT molecular complexity index is 1890. The lowest BCUT2D eigenvalue weighted by molar-refractivity contribution is -0.870. The highest BCUT2D eigenvalue weighted by Gasteiger charge is 2.27. The second-order valence-corrected chi connectivity index (χ2v) is 27.8. The quantitative estimate of drug-likeness (QED) is 0.0211. The maximum Gasteiger partial charge on any atom is 0.472 e. The van der Waals surface area contributed by atoms with Crippen LogP contribution < -0.4 is 0 Å². The third kappa shape index (κ3) is 73.7. The normalized spacial score (nSPS) is 13.7. The van der Waals surface area contributed by atoms with E-state index >= 15 is 0 Å². The number of carbonyl (C=O) groups is 2. The van der Waals surface area contributed by atoms with Gasteiger partial charge in [0.1, 0.15) is 19.8 Å². The van der Waals surface area contributed by atoms with Crippen molar-refractivity contribution >= 4 is 19.8 Å². The molecule has 0 radical (unpaired) electrons. The molecule has 2 unspecified atom stereocenters. The molecule has 0 rings (SSSR count). The van der Waals surface area contributed by atoms with E-state index in [0.29, 0.717) is 17.4 Å². The SMILES string of the molecule is CC/C=C\C/C=C\C/C=C\C/C=C\C/C=C\C/C=C\C/C=C\C/C=C\CCCCCCCCCCCCCCC(=O)OC(COC(=O)CCCCCCCCCCCCCCCCCCC/C=C\CCCCCCCCCC)COP(=O)(O)OCC[N+](C)(C)C. The zero-order valence-electron chi connectivity index (χ0n) is 59.4. The van der Waals surface area contributed by atoms with Gasteiger partial charge in [-0.1, -0.05) is 329 Å². The average molecular weight is 1280 g/mol. The van der Waals surface area contributed by atoms with Crippen LogP contribution in [0.2, 0.25) is 0 Å². The number of hydrogen-bond donors (Lipinski definition) is 1. The van der Waals surface area contributed by atoms with Crippen LogP contribution in [0.1, 0.15) is 335 Å². The van der Waals surface area contributed by atoms with Gasteiger partial charge in [0, 0.05) is 12.8 Å². The summed E-state index contributed by atoms with van der Waals surface area (Å²) in [5.41, 5.74) is 0. The van der Waals surface area contributed by atoms with Crippen LogP contribution in [0.25, 0.3) is 0 Å². The molecule has 9 nitrogen and oxygen atoms in total. The molecule has 0 aliphatic heterocycles. The molecule has 0 bridgehead atoms. The summed E-state index contributed by atoms with van der Waals surface area (Å²) < 4.78 is 34.8. The van der Waals surface area contributed by atoms with Gasteiger partial charge in [-0.05, 0) is 103 Å². The summed E-state index contributed by atoms with van der Waals surface area (Å²) >= 11 is 0. The van der Waals surface area contributed by atoms with Crippen molar-refractivity contribution < 1.29 is 42.1 Å². The zero-order chi connectivity index (χ0) is 65.5. The Labute approximate surface area is 556 Å². The Kier molecular flexibility index (Phi) is 67.4. The third-order valence-electron chi connectivity index (χ3n) is 16.3. The number of quaternary nitrogens is 1. The van der Waals surface area contributed by atoms with Crippen molar-refractivity contribution in [3.05, 3.63) is 109 Å². The Morgan fingerprint density at radius 3 is 0.956 bits per heavy atom. The van der Waals surface area contributed by atoms with E-state index in [4.69, 9.17) is 18.5 Å². The Balaban J connectivity index is 4.03. The van der Waals surface area contributed by atoms with Gasteiger partial charge < -0.3 is 18.9 Å². The summed E-state index contributed by atoms with van der Waals surface area (Å²) in [7, 11) is 1.48. The summed E-state index contributed by atoms with van der Waals surface area (Å²) in [6.07, 6.45) is 99.2. The second kappa shape index (κ2) is 70.0. The van der Waals surface area contributed by atoms with E-state index in [2.05, 4.69) is 123 Å². The molecule has 0 saturated carbocycles. The van der Waals surface area contributed by atoms with E-state index in [-0.39, 0.29) is 32.0 Å². The fourth-order valence-electron chi connectivity index (χ4n) is 10.6. The summed E-state index contributed by atoms with van der Waals surface area (Å²) in [4.78, 5) is 35.9. The number of esters is 2. The lowest BCUT2D eigenvalue weighted by atomic mass is 10.0. The summed E-state index contributed by atoms with van der Waals surface area (Å²) in [6.45, 7) is 4.35. The van der Waals surface area contributed by atoms with Crippen LogP contribution in [0.3, 0.4) is 0 Å². The predicted octanol–water partition coefficient (Wildman–Crippen LogP) is 24.8. The molecule has 0 aromatic rings. The molecule has 90 heavy (non-hydrogen) atoms. The van der Waals surface area contributed by atoms with Gasteiger partial charge in [0.05, 0.1) is 27.7 Å². The van der Waals surface area contributed by atoms with Gasteiger partial charge in [0.2, 0.25) is 0 Å². The van der Waals surface area contributed by atoms with Crippen LogP contribution in [-0.4, -0.2) is 74.9 Å². The minimum Gasteiger partial charge on any atom is -0.462 e. The number of carbonyl (C=O) groups excluding carboxylic acids is 2. The van der Waals surface area contributed by atoms with Gasteiger partial charge in [0.15, 0.2) is 6.10 Å². The van der Waals surface area contributed by atoms with Gasteiger partial charge in [-0.3, -0.25) is 18.6 Å². The lowest BCUT2D eigenvalue weighted by Crippen LogP contribution is -2.37. The molecule has 2 atom stereocenters. The first-order valence-electron chi connectivity index (χ1n) is 37.6. The molecule has 0 heterocycles. The Morgan fingerprint density at radius 1 is 0.356 bits per heavy atom. The number of rotatable bonds is 69. The van der Waals surface area contributed by atoms with Crippen molar-refractivity contribution in [1.29, 1.82) is 0 Å².